The third-order valence-electron chi connectivity index (χ3n) is 6.18. The minimum absolute atomic E-state index is 0.299. The second-order valence-corrected chi connectivity index (χ2v) is 8.80. The molecule has 2 aromatic heterocycles. The first-order valence-corrected chi connectivity index (χ1v) is 12.1. The second-order valence-electron chi connectivity index (χ2n) is 8.80. The van der Waals surface area contributed by atoms with Crippen molar-refractivity contribution in [3.8, 4) is 22.9 Å². The number of nitrogens with zero attached hydrogens (tertiary/aromatic N) is 3. The van der Waals surface area contributed by atoms with E-state index in [0.29, 0.717) is 67.8 Å². The summed E-state index contributed by atoms with van der Waals surface area (Å²) in [6, 6.07) is 24.7. The molecule has 1 fully saturated rings. The van der Waals surface area contributed by atoms with Gasteiger partial charge in [-0.2, -0.15) is 4.98 Å². The molecule has 7 heteroatoms. The van der Waals surface area contributed by atoms with Gasteiger partial charge in [0.25, 0.3) is 0 Å². The molecule has 3 heterocycles. The van der Waals surface area contributed by atoms with Crippen LogP contribution in [-0.2, 0) is 13.2 Å². The van der Waals surface area contributed by atoms with Crippen molar-refractivity contribution in [2.45, 2.75) is 32.2 Å². The Morgan fingerprint density at radius 1 is 0.861 bits per heavy atom. The molecule has 0 saturated carbocycles. The maximum Gasteiger partial charge on any atom is 0.225 e. The Labute approximate surface area is 210 Å². The molecule has 1 saturated heterocycles. The van der Waals surface area contributed by atoms with E-state index in [9.17, 15) is 5.11 Å². The first kappa shape index (κ1) is 23.8. The van der Waals surface area contributed by atoms with Crippen molar-refractivity contribution in [2.75, 3.05) is 18.0 Å². The van der Waals surface area contributed by atoms with Crippen LogP contribution < -0.4 is 14.4 Å². The Hall–Kier alpha value is -3.97. The highest BCUT2D eigenvalue weighted by Gasteiger charge is 2.22. The standard InChI is InChI=1S/C29H28FN3O3/c30-26-17-23(18-31-28(26)33-15-13-24(34)14-16-33)25-11-12-27(35-19-21-7-3-1-4-8-21)32-29(25)36-20-22-9-5-2-6-10-22/h1-12,17-18,24,34H,13-16,19-20H2. The van der Waals surface area contributed by atoms with Crippen LogP contribution in [0.2, 0.25) is 0 Å². The molecule has 6 nitrogen and oxygen atoms in total. The SMILES string of the molecule is OC1CCN(c2ncc(-c3ccc(OCc4ccccc4)nc3OCc3ccccc3)cc2F)CC1. The number of benzene rings is 2. The van der Waals surface area contributed by atoms with Crippen LogP contribution in [-0.4, -0.2) is 34.3 Å². The highest BCUT2D eigenvalue weighted by Crippen LogP contribution is 2.33. The largest absolute Gasteiger partial charge is 0.473 e. The first-order chi connectivity index (χ1) is 17.7. The van der Waals surface area contributed by atoms with Crippen molar-refractivity contribution >= 4 is 5.82 Å². The van der Waals surface area contributed by atoms with Crippen LogP contribution in [0.3, 0.4) is 0 Å². The fraction of sp³-hybridized carbons (Fsp3) is 0.241. The molecule has 0 spiro atoms. The van der Waals surface area contributed by atoms with Gasteiger partial charge in [-0.1, -0.05) is 60.7 Å². The number of anilines is 1. The Bertz CT molecular complexity index is 1280. The average Bonchev–Trinajstić information content (AvgIpc) is 2.92. The third-order valence-corrected chi connectivity index (χ3v) is 6.18. The lowest BCUT2D eigenvalue weighted by Gasteiger charge is -2.30. The van der Waals surface area contributed by atoms with Gasteiger partial charge < -0.3 is 19.5 Å². The summed E-state index contributed by atoms with van der Waals surface area (Å²) in [6.07, 6.45) is 2.52. The lowest BCUT2D eigenvalue weighted by atomic mass is 10.1. The van der Waals surface area contributed by atoms with E-state index in [2.05, 4.69) is 9.97 Å². The summed E-state index contributed by atoms with van der Waals surface area (Å²) >= 11 is 0. The van der Waals surface area contributed by atoms with E-state index in [1.165, 1.54) is 6.07 Å². The Morgan fingerprint density at radius 3 is 2.14 bits per heavy atom. The van der Waals surface area contributed by atoms with Gasteiger partial charge in [0.15, 0.2) is 11.6 Å². The Balaban J connectivity index is 1.40. The third kappa shape index (κ3) is 5.80. The van der Waals surface area contributed by atoms with E-state index in [0.717, 1.165) is 11.1 Å². The molecule has 0 atom stereocenters. The first-order valence-electron chi connectivity index (χ1n) is 12.1. The van der Waals surface area contributed by atoms with Crippen LogP contribution in [0.25, 0.3) is 11.1 Å². The normalized spacial score (nSPS) is 14.0. The molecule has 0 amide bonds. The van der Waals surface area contributed by atoms with Gasteiger partial charge in [0.05, 0.1) is 6.10 Å². The Morgan fingerprint density at radius 2 is 1.50 bits per heavy atom. The number of piperidine rings is 1. The lowest BCUT2D eigenvalue weighted by Crippen LogP contribution is -2.36. The molecule has 1 aliphatic rings. The van der Waals surface area contributed by atoms with E-state index < -0.39 is 5.82 Å². The van der Waals surface area contributed by atoms with Crippen LogP contribution in [0.1, 0.15) is 24.0 Å². The number of rotatable bonds is 8. The molecule has 0 radical (unpaired) electrons. The fourth-order valence-corrected chi connectivity index (χ4v) is 4.18. The van der Waals surface area contributed by atoms with Gasteiger partial charge in [-0.3, -0.25) is 0 Å². The zero-order valence-electron chi connectivity index (χ0n) is 19.9. The Kier molecular flexibility index (Phi) is 7.38. The van der Waals surface area contributed by atoms with Crippen LogP contribution in [0, 0.1) is 5.82 Å². The number of halogens is 1. The predicted octanol–water partition coefficient (Wildman–Crippen LogP) is 5.40. The number of ether oxygens (including phenoxy) is 2. The summed E-state index contributed by atoms with van der Waals surface area (Å²) in [6.45, 7) is 1.84. The molecular formula is C29H28FN3O3. The molecule has 4 aromatic rings. The molecule has 1 aliphatic heterocycles. The van der Waals surface area contributed by atoms with E-state index in [-0.39, 0.29) is 6.10 Å². The highest BCUT2D eigenvalue weighted by atomic mass is 19.1. The van der Waals surface area contributed by atoms with E-state index in [1.54, 1.807) is 12.3 Å². The topological polar surface area (TPSA) is 67.7 Å². The number of hydrogen-bond acceptors (Lipinski definition) is 6. The zero-order valence-corrected chi connectivity index (χ0v) is 19.9. The average molecular weight is 486 g/mol. The summed E-state index contributed by atoms with van der Waals surface area (Å²) in [5, 5.41) is 9.75. The lowest BCUT2D eigenvalue weighted by molar-refractivity contribution is 0.145. The number of aromatic nitrogens is 2. The number of aliphatic hydroxyl groups excluding tert-OH is 1. The maximum atomic E-state index is 15.1. The van der Waals surface area contributed by atoms with Gasteiger partial charge in [-0.15, -0.1) is 0 Å². The smallest absolute Gasteiger partial charge is 0.225 e. The molecule has 1 N–H and O–H groups in total. The van der Waals surface area contributed by atoms with Crippen LogP contribution in [0.4, 0.5) is 10.2 Å². The maximum absolute atomic E-state index is 15.1. The molecule has 0 bridgehead atoms. The van der Waals surface area contributed by atoms with Crippen LogP contribution in [0.5, 0.6) is 11.8 Å². The van der Waals surface area contributed by atoms with Gasteiger partial charge in [0.2, 0.25) is 11.8 Å². The highest BCUT2D eigenvalue weighted by molar-refractivity contribution is 5.69. The predicted molar refractivity (Wildman–Crippen MR) is 136 cm³/mol. The molecule has 36 heavy (non-hydrogen) atoms. The summed E-state index contributed by atoms with van der Waals surface area (Å²) in [5.41, 5.74) is 3.22. The number of hydrogen-bond donors (Lipinski definition) is 1. The summed E-state index contributed by atoms with van der Waals surface area (Å²) in [5.74, 6) is 0.650. The van der Waals surface area contributed by atoms with E-state index in [1.807, 2.05) is 71.6 Å². The van der Waals surface area contributed by atoms with Crippen molar-refractivity contribution < 1.29 is 19.0 Å². The van der Waals surface area contributed by atoms with Crippen molar-refractivity contribution in [3.63, 3.8) is 0 Å². The summed E-state index contributed by atoms with van der Waals surface area (Å²) in [7, 11) is 0. The van der Waals surface area contributed by atoms with Gasteiger partial charge in [0.1, 0.15) is 13.2 Å². The molecular weight excluding hydrogens is 457 g/mol. The minimum Gasteiger partial charge on any atom is -0.473 e. The monoisotopic (exact) mass is 485 g/mol. The van der Waals surface area contributed by atoms with Crippen LogP contribution >= 0.6 is 0 Å². The molecule has 0 unspecified atom stereocenters. The van der Waals surface area contributed by atoms with E-state index in [4.69, 9.17) is 9.47 Å². The molecule has 2 aromatic carbocycles. The van der Waals surface area contributed by atoms with Crippen molar-refractivity contribution in [3.05, 3.63) is 102 Å². The van der Waals surface area contributed by atoms with Gasteiger partial charge >= 0.3 is 0 Å². The molecule has 0 aliphatic carbocycles. The number of pyridine rings is 2. The minimum atomic E-state index is -0.415. The second kappa shape index (κ2) is 11.2. The number of aliphatic hydroxyl groups is 1. The van der Waals surface area contributed by atoms with Gasteiger partial charge in [0, 0.05) is 36.5 Å². The summed E-state index contributed by atoms with van der Waals surface area (Å²) < 4.78 is 27.1. The van der Waals surface area contributed by atoms with Gasteiger partial charge in [-0.05, 0) is 36.1 Å². The summed E-state index contributed by atoms with van der Waals surface area (Å²) in [4.78, 5) is 10.9. The fourth-order valence-electron chi connectivity index (χ4n) is 4.18. The van der Waals surface area contributed by atoms with Gasteiger partial charge in [-0.25, -0.2) is 9.37 Å². The van der Waals surface area contributed by atoms with Crippen molar-refractivity contribution in [2.24, 2.45) is 0 Å². The van der Waals surface area contributed by atoms with Crippen molar-refractivity contribution in [1.29, 1.82) is 0 Å². The van der Waals surface area contributed by atoms with Crippen LogP contribution in [0.15, 0.2) is 85.1 Å². The zero-order chi connectivity index (χ0) is 24.7. The molecule has 5 rings (SSSR count). The van der Waals surface area contributed by atoms with Crippen molar-refractivity contribution in [1.82, 2.24) is 9.97 Å². The molecule has 184 valence electrons. The quantitative estimate of drug-likeness (QED) is 0.360. The van der Waals surface area contributed by atoms with E-state index >= 15 is 4.39 Å².